The van der Waals surface area contributed by atoms with Gasteiger partial charge in [0.05, 0.1) is 0 Å². The van der Waals surface area contributed by atoms with Crippen LogP contribution in [-0.2, 0) is 0 Å². The molecule has 0 spiro atoms. The standard InChI is InChI=1S/C31H62N2/c1-4-7-10-13-15-17-18-19-21-23-26-31-32(27-24-12-9-6-3)29-30-33(31)28-25-22-20-16-14-11-8-5-2/h29-31H,4-28H2,1-3H3. The summed E-state index contributed by atoms with van der Waals surface area (Å²) < 4.78 is 0. The lowest BCUT2D eigenvalue weighted by Gasteiger charge is -2.33. The maximum Gasteiger partial charge on any atom is 0.101 e. The Hall–Kier alpha value is -0.660. The van der Waals surface area contributed by atoms with Crippen molar-refractivity contribution in [3.63, 3.8) is 0 Å². The molecule has 1 unspecified atom stereocenters. The minimum absolute atomic E-state index is 0.644. The zero-order chi connectivity index (χ0) is 23.8. The Labute approximate surface area is 210 Å². The van der Waals surface area contributed by atoms with Crippen LogP contribution >= 0.6 is 0 Å². The van der Waals surface area contributed by atoms with Gasteiger partial charge in [-0.3, -0.25) is 0 Å². The van der Waals surface area contributed by atoms with E-state index in [1.54, 1.807) is 0 Å². The first-order valence-electron chi connectivity index (χ1n) is 15.5. The Morgan fingerprint density at radius 3 is 1.09 bits per heavy atom. The summed E-state index contributed by atoms with van der Waals surface area (Å²) in [6.07, 6.45) is 38.0. The number of rotatable bonds is 25. The first-order chi connectivity index (χ1) is 16.3. The second-order valence-electron chi connectivity index (χ2n) is 10.8. The fourth-order valence-electron chi connectivity index (χ4n) is 5.30. The van der Waals surface area contributed by atoms with E-state index in [-0.39, 0.29) is 0 Å². The van der Waals surface area contributed by atoms with E-state index in [2.05, 4.69) is 43.0 Å². The summed E-state index contributed by atoms with van der Waals surface area (Å²) in [6.45, 7) is 9.45. The molecule has 196 valence electrons. The molecule has 1 atom stereocenters. The molecule has 33 heavy (non-hydrogen) atoms. The highest BCUT2D eigenvalue weighted by atomic mass is 15.4. The van der Waals surface area contributed by atoms with Crippen LogP contribution in [0.1, 0.15) is 168 Å². The molecule has 0 aromatic heterocycles. The van der Waals surface area contributed by atoms with Crippen molar-refractivity contribution in [2.45, 2.75) is 175 Å². The lowest BCUT2D eigenvalue weighted by atomic mass is 10.0. The fourth-order valence-corrected chi connectivity index (χ4v) is 5.30. The number of unbranched alkanes of at least 4 members (excludes halogenated alkanes) is 19. The molecule has 1 rings (SSSR count). The topological polar surface area (TPSA) is 6.48 Å². The third kappa shape index (κ3) is 16.6. The first kappa shape index (κ1) is 30.4. The van der Waals surface area contributed by atoms with Crippen molar-refractivity contribution >= 4 is 0 Å². The van der Waals surface area contributed by atoms with E-state index in [1.807, 2.05) is 0 Å². The minimum atomic E-state index is 0.644. The molecule has 0 saturated heterocycles. The summed E-state index contributed by atoms with van der Waals surface area (Å²) in [4.78, 5) is 5.36. The van der Waals surface area contributed by atoms with Crippen LogP contribution in [0, 0.1) is 0 Å². The van der Waals surface area contributed by atoms with Gasteiger partial charge in [-0.15, -0.1) is 0 Å². The summed E-state index contributed by atoms with van der Waals surface area (Å²) in [6, 6.07) is 0. The van der Waals surface area contributed by atoms with Crippen LogP contribution in [0.3, 0.4) is 0 Å². The first-order valence-corrected chi connectivity index (χ1v) is 15.5. The van der Waals surface area contributed by atoms with Gasteiger partial charge in [-0.2, -0.15) is 0 Å². The van der Waals surface area contributed by atoms with Gasteiger partial charge in [0.25, 0.3) is 0 Å². The maximum absolute atomic E-state index is 2.69. The third-order valence-electron chi connectivity index (χ3n) is 7.57. The predicted molar refractivity (Wildman–Crippen MR) is 150 cm³/mol. The Kier molecular flexibility index (Phi) is 21.3. The third-order valence-corrected chi connectivity index (χ3v) is 7.57. The zero-order valence-corrected chi connectivity index (χ0v) is 23.3. The second-order valence-corrected chi connectivity index (χ2v) is 10.8. The van der Waals surface area contributed by atoms with Crippen LogP contribution in [0.2, 0.25) is 0 Å². The average Bonchev–Trinajstić information content (AvgIpc) is 3.21. The minimum Gasteiger partial charge on any atom is -0.356 e. The highest BCUT2D eigenvalue weighted by molar-refractivity contribution is 4.97. The SMILES string of the molecule is CCCCCCCCCCCCC1N(CCCCCC)C=CN1CCCCCCCCCC. The molecule has 0 bridgehead atoms. The van der Waals surface area contributed by atoms with Crippen molar-refractivity contribution in [3.8, 4) is 0 Å². The molecule has 2 nitrogen and oxygen atoms in total. The molecule has 1 aliphatic heterocycles. The largest absolute Gasteiger partial charge is 0.356 e. The summed E-state index contributed by atoms with van der Waals surface area (Å²) >= 11 is 0. The molecular weight excluding hydrogens is 400 g/mol. The van der Waals surface area contributed by atoms with Crippen molar-refractivity contribution in [2.75, 3.05) is 13.1 Å². The zero-order valence-electron chi connectivity index (χ0n) is 23.3. The van der Waals surface area contributed by atoms with Crippen LogP contribution < -0.4 is 0 Å². The van der Waals surface area contributed by atoms with E-state index < -0.39 is 0 Å². The van der Waals surface area contributed by atoms with Gasteiger partial charge in [0.2, 0.25) is 0 Å². The van der Waals surface area contributed by atoms with Crippen molar-refractivity contribution in [1.29, 1.82) is 0 Å². The highest BCUT2D eigenvalue weighted by Crippen LogP contribution is 2.24. The van der Waals surface area contributed by atoms with Crippen LogP contribution in [0.5, 0.6) is 0 Å². The molecule has 0 fully saturated rings. The number of hydrogen-bond donors (Lipinski definition) is 0. The van der Waals surface area contributed by atoms with Gasteiger partial charge >= 0.3 is 0 Å². The summed E-state index contributed by atoms with van der Waals surface area (Å²) in [5.41, 5.74) is 0. The van der Waals surface area contributed by atoms with Gasteiger partial charge in [-0.05, 0) is 25.7 Å². The van der Waals surface area contributed by atoms with Crippen LogP contribution in [0.15, 0.2) is 12.4 Å². The predicted octanol–water partition coefficient (Wildman–Crippen LogP) is 10.4. The molecule has 0 radical (unpaired) electrons. The summed E-state index contributed by atoms with van der Waals surface area (Å²) in [7, 11) is 0. The average molecular weight is 463 g/mol. The van der Waals surface area contributed by atoms with E-state index in [9.17, 15) is 0 Å². The molecule has 0 aromatic rings. The number of nitrogens with zero attached hydrogens (tertiary/aromatic N) is 2. The Morgan fingerprint density at radius 1 is 0.394 bits per heavy atom. The van der Waals surface area contributed by atoms with Crippen LogP contribution in [0.4, 0.5) is 0 Å². The lowest BCUT2D eigenvalue weighted by Crippen LogP contribution is -2.39. The molecule has 0 N–H and O–H groups in total. The molecule has 1 heterocycles. The van der Waals surface area contributed by atoms with Crippen molar-refractivity contribution in [1.82, 2.24) is 9.80 Å². The molecule has 0 aliphatic carbocycles. The normalized spacial score (nSPS) is 15.8. The van der Waals surface area contributed by atoms with E-state index in [0.717, 1.165) is 0 Å². The lowest BCUT2D eigenvalue weighted by molar-refractivity contribution is 0.135. The van der Waals surface area contributed by atoms with Crippen molar-refractivity contribution in [3.05, 3.63) is 12.4 Å². The fraction of sp³-hybridized carbons (Fsp3) is 0.935. The van der Waals surface area contributed by atoms with Gasteiger partial charge in [-0.25, -0.2) is 0 Å². The molecular formula is C31H62N2. The van der Waals surface area contributed by atoms with Crippen molar-refractivity contribution in [2.24, 2.45) is 0 Å². The molecule has 0 amide bonds. The van der Waals surface area contributed by atoms with Gasteiger partial charge in [0, 0.05) is 25.5 Å². The Balaban J connectivity index is 2.22. The quantitative estimate of drug-likeness (QED) is 0.124. The van der Waals surface area contributed by atoms with Gasteiger partial charge in [0.1, 0.15) is 6.17 Å². The summed E-state index contributed by atoms with van der Waals surface area (Å²) in [5.74, 6) is 0. The van der Waals surface area contributed by atoms with E-state index in [4.69, 9.17) is 0 Å². The smallest absolute Gasteiger partial charge is 0.101 e. The van der Waals surface area contributed by atoms with Crippen molar-refractivity contribution < 1.29 is 0 Å². The highest BCUT2D eigenvalue weighted by Gasteiger charge is 2.24. The van der Waals surface area contributed by atoms with E-state index >= 15 is 0 Å². The molecule has 1 aliphatic rings. The summed E-state index contributed by atoms with van der Waals surface area (Å²) in [5, 5.41) is 0. The monoisotopic (exact) mass is 462 g/mol. The van der Waals surface area contributed by atoms with Crippen LogP contribution in [0.25, 0.3) is 0 Å². The van der Waals surface area contributed by atoms with E-state index in [1.165, 1.54) is 161 Å². The Morgan fingerprint density at radius 2 is 0.697 bits per heavy atom. The molecule has 0 saturated carbocycles. The van der Waals surface area contributed by atoms with Gasteiger partial charge in [0.15, 0.2) is 0 Å². The van der Waals surface area contributed by atoms with Gasteiger partial charge in [-0.1, -0.05) is 143 Å². The van der Waals surface area contributed by atoms with E-state index in [0.29, 0.717) is 6.17 Å². The molecule has 0 aromatic carbocycles. The molecule has 2 heteroatoms. The maximum atomic E-state index is 2.69. The second kappa shape index (κ2) is 23.1. The number of hydrogen-bond acceptors (Lipinski definition) is 2. The van der Waals surface area contributed by atoms with Gasteiger partial charge < -0.3 is 9.80 Å². The van der Waals surface area contributed by atoms with Crippen LogP contribution in [-0.4, -0.2) is 29.1 Å². The Bertz CT molecular complexity index is 419.